The number of carbonyl (C=O) groups is 1. The van der Waals surface area contributed by atoms with E-state index in [1.807, 2.05) is 19.6 Å². The van der Waals surface area contributed by atoms with Crippen molar-refractivity contribution in [3.63, 3.8) is 0 Å². The van der Waals surface area contributed by atoms with Crippen LogP contribution in [0.5, 0.6) is 0 Å². The molecule has 0 aromatic heterocycles. The molecular formula is C28H76O11Si10. The molecule has 0 rings (SSSR count). The van der Waals surface area contributed by atoms with E-state index in [9.17, 15) is 9.90 Å². The summed E-state index contributed by atoms with van der Waals surface area (Å²) in [4.78, 5) is 11.2. The lowest BCUT2D eigenvalue weighted by atomic mass is 10.2. The van der Waals surface area contributed by atoms with Crippen LogP contribution in [0.15, 0.2) is 0 Å². The Bertz CT molecular complexity index is 872. The first-order chi connectivity index (χ1) is 21.3. The van der Waals surface area contributed by atoms with Gasteiger partial charge in [-0.05, 0) is 131 Å². The van der Waals surface area contributed by atoms with E-state index in [1.165, 1.54) is 0 Å². The molecule has 0 bridgehead atoms. The molecule has 294 valence electrons. The van der Waals surface area contributed by atoms with Crippen LogP contribution in [0.4, 0.5) is 0 Å². The molecule has 0 atom stereocenters. The molecule has 49 heavy (non-hydrogen) atoms. The maximum atomic E-state index is 11.2. The highest BCUT2D eigenvalue weighted by molar-refractivity contribution is 6.95. The highest BCUT2D eigenvalue weighted by Gasteiger charge is 2.63. The molecule has 0 aromatic carbocycles. The molecule has 0 aliphatic carbocycles. The second kappa shape index (κ2) is 18.3. The third-order valence-corrected chi connectivity index (χ3v) is 38.3. The van der Waals surface area contributed by atoms with E-state index >= 15 is 0 Å². The molecule has 0 fully saturated rings. The summed E-state index contributed by atoms with van der Waals surface area (Å²) in [5.41, 5.74) is 0. The molecule has 0 radical (unpaired) electrons. The molecule has 1 N–H and O–H groups in total. The number of carboxylic acids is 1. The van der Waals surface area contributed by atoms with E-state index in [2.05, 4.69) is 118 Å². The predicted molar refractivity (Wildman–Crippen MR) is 226 cm³/mol. The Balaban J connectivity index is 7.79. The van der Waals surface area contributed by atoms with Crippen LogP contribution in [0.2, 0.25) is 144 Å². The average Bonchev–Trinajstić information content (AvgIpc) is 2.65. The number of carboxylic acid groups (broad SMARTS) is 1. The Hall–Kier alpha value is 1.28. The van der Waals surface area contributed by atoms with Crippen molar-refractivity contribution in [3.05, 3.63) is 0 Å². The van der Waals surface area contributed by atoms with Crippen molar-refractivity contribution >= 4 is 91.1 Å². The molecule has 0 aliphatic rings. The number of unbranched alkanes of at least 4 members (excludes halogenated alkanes) is 3. The van der Waals surface area contributed by atoms with Crippen LogP contribution in [-0.4, -0.2) is 96.2 Å². The van der Waals surface area contributed by atoms with Gasteiger partial charge < -0.3 is 42.1 Å². The van der Waals surface area contributed by atoms with Crippen molar-refractivity contribution in [1.82, 2.24) is 0 Å². The summed E-state index contributed by atoms with van der Waals surface area (Å²) < 4.78 is 64.0. The number of hydrogen-bond acceptors (Lipinski definition) is 10. The third kappa shape index (κ3) is 25.8. The topological polar surface area (TPSA) is 120 Å². The van der Waals surface area contributed by atoms with Gasteiger partial charge in [-0.3, -0.25) is 4.79 Å². The second-order valence-electron chi connectivity index (χ2n) is 19.2. The van der Waals surface area contributed by atoms with Crippen molar-refractivity contribution < 1.29 is 46.9 Å². The first-order valence-corrected chi connectivity index (χ1v) is 46.9. The zero-order chi connectivity index (χ0) is 39.2. The normalized spacial score (nSPS) is 15.2. The minimum absolute atomic E-state index is 0.142. The van der Waals surface area contributed by atoms with Gasteiger partial charge in [0.2, 0.25) is 0 Å². The number of rotatable bonds is 25. The first kappa shape index (κ1) is 50.3. The van der Waals surface area contributed by atoms with Gasteiger partial charge in [-0.2, -0.15) is 0 Å². The Morgan fingerprint density at radius 2 is 0.592 bits per heavy atom. The van der Waals surface area contributed by atoms with Gasteiger partial charge in [-0.15, -0.1) is 0 Å². The average molecular weight is 870 g/mol. The summed E-state index contributed by atoms with van der Waals surface area (Å²) in [6, 6.07) is 0.437. The minimum atomic E-state index is -3.93. The first-order valence-electron chi connectivity index (χ1n) is 17.8. The lowest BCUT2D eigenvalue weighted by Gasteiger charge is -2.49. The molecule has 21 heteroatoms. The Morgan fingerprint density at radius 1 is 0.367 bits per heavy atom. The van der Waals surface area contributed by atoms with Crippen LogP contribution in [0, 0.1) is 0 Å². The maximum absolute atomic E-state index is 11.2. The van der Waals surface area contributed by atoms with E-state index in [0.717, 1.165) is 12.8 Å². The fourth-order valence-corrected chi connectivity index (χ4v) is 47.4. The van der Waals surface area contributed by atoms with Gasteiger partial charge in [0.1, 0.15) is 0 Å². The van der Waals surface area contributed by atoms with Crippen molar-refractivity contribution in [1.29, 1.82) is 0 Å². The summed E-state index contributed by atoms with van der Waals surface area (Å²) in [7, 11) is -27.5. The summed E-state index contributed by atoms with van der Waals surface area (Å²) in [5.74, 6) is -0.782. The van der Waals surface area contributed by atoms with Crippen LogP contribution in [0.1, 0.15) is 32.1 Å². The summed E-state index contributed by atoms with van der Waals surface area (Å²) >= 11 is 0. The Kier molecular flexibility index (Phi) is 18.8. The zero-order valence-electron chi connectivity index (χ0n) is 35.3. The van der Waals surface area contributed by atoms with Gasteiger partial charge in [0, 0.05) is 32.1 Å². The van der Waals surface area contributed by atoms with Crippen LogP contribution >= 0.6 is 0 Å². The summed E-state index contributed by atoms with van der Waals surface area (Å²) in [5, 5.41) is 9.24. The fourth-order valence-electron chi connectivity index (χ4n) is 5.56. The van der Waals surface area contributed by atoms with E-state index in [0.29, 0.717) is 18.9 Å². The molecule has 0 aliphatic heterocycles. The third-order valence-electron chi connectivity index (χ3n) is 5.60. The monoisotopic (exact) mass is 868 g/mol. The van der Waals surface area contributed by atoms with Crippen LogP contribution in [0.3, 0.4) is 0 Å². The highest BCUT2D eigenvalue weighted by atomic mass is 28.6. The van der Waals surface area contributed by atoms with Gasteiger partial charge in [0.15, 0.2) is 49.9 Å². The number of aliphatic carboxylic acids is 1. The lowest BCUT2D eigenvalue weighted by Crippen LogP contribution is -2.71. The van der Waals surface area contributed by atoms with Gasteiger partial charge in [-0.25, -0.2) is 0 Å². The molecule has 0 unspecified atom stereocenters. The van der Waals surface area contributed by atoms with Crippen LogP contribution in [-0.2, 0) is 41.8 Å². The molecule has 0 amide bonds. The van der Waals surface area contributed by atoms with E-state index in [4.69, 9.17) is 37.0 Å². The molecule has 0 saturated heterocycles. The SMILES string of the molecule is C[Si](C)(C)O[Si](C)(O[Si](C)(C)C)O[Si](CCCCCCC(=O)O)(O[Si](C)(O[Si](C)(C)C)O[Si](C)(C)C)O[Si](C)(O[Si](C)(C)C)O[Si](C)(C)C. The smallest absolute Gasteiger partial charge is 0.478 e. The molecule has 0 aromatic rings. The van der Waals surface area contributed by atoms with Gasteiger partial charge >= 0.3 is 41.2 Å². The maximum Gasteiger partial charge on any atom is 0.478 e. The van der Waals surface area contributed by atoms with Crippen molar-refractivity contribution in [2.75, 3.05) is 0 Å². The predicted octanol–water partition coefficient (Wildman–Crippen LogP) is 9.83. The number of hydrogen-bond donors (Lipinski definition) is 1. The largest absolute Gasteiger partial charge is 0.481 e. The summed E-state index contributed by atoms with van der Waals surface area (Å²) in [6.07, 6.45) is 2.97. The van der Waals surface area contributed by atoms with Crippen LogP contribution < -0.4 is 0 Å². The highest BCUT2D eigenvalue weighted by Crippen LogP contribution is 2.37. The van der Waals surface area contributed by atoms with E-state index in [1.54, 1.807) is 0 Å². The Labute approximate surface area is 312 Å². The standard InChI is InChI=1S/C28H76O11Si10/c1-40(2,3)31-46(19,32-41(4,5)6)37-49(27-25-23-22-24-26-28(29)30,38-47(20,33-42(7,8)9)34-43(10,11)12)39-48(21,35-44(13,14)15)36-45(16,17)18/h22-27H2,1-21H3,(H,29,30). The van der Waals surface area contributed by atoms with Crippen molar-refractivity contribution in [2.45, 2.75) is 176 Å². The van der Waals surface area contributed by atoms with Gasteiger partial charge in [0.05, 0.1) is 0 Å². The fraction of sp³-hybridized carbons (Fsp3) is 0.964. The van der Waals surface area contributed by atoms with Crippen molar-refractivity contribution in [2.24, 2.45) is 0 Å². The molecule has 0 spiro atoms. The molecule has 11 nitrogen and oxygen atoms in total. The quantitative estimate of drug-likeness (QED) is 0.0698. The second-order valence-corrected chi connectivity index (χ2v) is 58.9. The van der Waals surface area contributed by atoms with Gasteiger partial charge in [-0.1, -0.05) is 12.8 Å². The molecule has 0 heterocycles. The zero-order valence-corrected chi connectivity index (χ0v) is 45.3. The van der Waals surface area contributed by atoms with Crippen molar-refractivity contribution in [3.8, 4) is 0 Å². The van der Waals surface area contributed by atoms with Gasteiger partial charge in [0.25, 0.3) is 0 Å². The van der Waals surface area contributed by atoms with E-state index in [-0.39, 0.29) is 6.42 Å². The molecular weight excluding hydrogens is 793 g/mol. The Morgan fingerprint density at radius 3 is 0.796 bits per heavy atom. The lowest BCUT2D eigenvalue weighted by molar-refractivity contribution is -0.137. The minimum Gasteiger partial charge on any atom is -0.481 e. The molecule has 0 saturated carbocycles. The summed E-state index contributed by atoms with van der Waals surface area (Å²) in [6.45, 7) is 44.6. The van der Waals surface area contributed by atoms with E-state index < -0.39 is 91.1 Å². The van der Waals surface area contributed by atoms with Crippen LogP contribution in [0.25, 0.3) is 0 Å².